The number of hydrogen-bond acceptors (Lipinski definition) is 4. The highest BCUT2D eigenvalue weighted by molar-refractivity contribution is 5.76. The summed E-state index contributed by atoms with van der Waals surface area (Å²) in [5.74, 6) is 0.901. The molecule has 0 aliphatic heterocycles. The van der Waals surface area contributed by atoms with Gasteiger partial charge in [0, 0.05) is 19.5 Å². The van der Waals surface area contributed by atoms with Crippen molar-refractivity contribution in [3.8, 4) is 11.5 Å². The maximum Gasteiger partial charge on any atom is 0.220 e. The van der Waals surface area contributed by atoms with Crippen LogP contribution in [0.1, 0.15) is 155 Å². The number of carbonyl (C=O) groups excluding carboxylic acids is 1. The van der Waals surface area contributed by atoms with Gasteiger partial charge in [0.15, 0.2) is 0 Å². The van der Waals surface area contributed by atoms with Crippen molar-refractivity contribution in [1.82, 2.24) is 5.32 Å². The predicted octanol–water partition coefficient (Wildman–Crippen LogP) is 9.60. The fourth-order valence-electron chi connectivity index (χ4n) is 5.63. The molecule has 0 saturated heterocycles. The first-order chi connectivity index (χ1) is 20.6. The Hall–Kier alpha value is -2.82. The van der Waals surface area contributed by atoms with E-state index in [0.29, 0.717) is 30.9 Å². The van der Waals surface area contributed by atoms with Crippen molar-refractivity contribution < 1.29 is 15.0 Å². The van der Waals surface area contributed by atoms with Gasteiger partial charge in [-0.05, 0) is 93.4 Å². The average Bonchev–Trinajstić information content (AvgIpc) is 2.89. The first-order valence-electron chi connectivity index (χ1n) is 17.1. The van der Waals surface area contributed by atoms with Crippen LogP contribution in [0.5, 0.6) is 11.5 Å². The summed E-state index contributed by atoms with van der Waals surface area (Å²) in [5.41, 5.74) is 5.69. The van der Waals surface area contributed by atoms with E-state index >= 15 is 0 Å². The van der Waals surface area contributed by atoms with Crippen LogP contribution in [0.4, 0.5) is 0 Å². The number of phenolic OH excluding ortho intramolecular Hbond substituents is 2. The van der Waals surface area contributed by atoms with Crippen LogP contribution < -0.4 is 5.32 Å². The van der Waals surface area contributed by atoms with Gasteiger partial charge in [-0.2, -0.15) is 0 Å². The molecule has 0 unspecified atom stereocenters. The number of aryl methyl sites for hydroxylation is 2. The van der Waals surface area contributed by atoms with Crippen molar-refractivity contribution in [2.24, 2.45) is 4.99 Å². The fourth-order valence-corrected chi connectivity index (χ4v) is 5.63. The lowest BCUT2D eigenvalue weighted by molar-refractivity contribution is -0.121. The summed E-state index contributed by atoms with van der Waals surface area (Å²) in [7, 11) is 0. The molecular formula is C40H64N2O3. The molecule has 5 nitrogen and oxygen atoms in total. The SMILES string of the molecule is CC(C)(C)c1cc(CCC=NCCCCCCNC(=O)CCc2cc(C(C)(C)C)c(O)c(C(C)(C)C)c2)cc(C(C)(C)C)c1O. The van der Waals surface area contributed by atoms with Crippen LogP contribution in [0.3, 0.4) is 0 Å². The van der Waals surface area contributed by atoms with Gasteiger partial charge in [-0.25, -0.2) is 0 Å². The van der Waals surface area contributed by atoms with E-state index in [-0.39, 0.29) is 27.6 Å². The van der Waals surface area contributed by atoms with Gasteiger partial charge in [0.1, 0.15) is 11.5 Å². The number of phenols is 2. The quantitative estimate of drug-likeness (QED) is 0.154. The summed E-state index contributed by atoms with van der Waals surface area (Å²) in [6, 6.07) is 8.46. The van der Waals surface area contributed by atoms with Gasteiger partial charge in [-0.3, -0.25) is 9.79 Å². The second-order valence-electron chi connectivity index (χ2n) is 17.0. The molecular weight excluding hydrogens is 556 g/mol. The molecule has 0 bridgehead atoms. The molecule has 0 heterocycles. The van der Waals surface area contributed by atoms with E-state index in [0.717, 1.165) is 72.9 Å². The number of benzene rings is 2. The van der Waals surface area contributed by atoms with Crippen LogP contribution in [0.2, 0.25) is 0 Å². The monoisotopic (exact) mass is 620 g/mol. The maximum absolute atomic E-state index is 12.5. The molecule has 0 aliphatic carbocycles. The highest BCUT2D eigenvalue weighted by Crippen LogP contribution is 2.41. The summed E-state index contributed by atoms with van der Waals surface area (Å²) in [5, 5.41) is 25.0. The van der Waals surface area contributed by atoms with Crippen molar-refractivity contribution in [2.75, 3.05) is 13.1 Å². The van der Waals surface area contributed by atoms with Crippen LogP contribution in [-0.2, 0) is 39.3 Å². The zero-order valence-corrected chi connectivity index (χ0v) is 30.7. The molecule has 1 amide bonds. The lowest BCUT2D eigenvalue weighted by atomic mass is 9.78. The third kappa shape index (κ3) is 12.1. The zero-order valence-electron chi connectivity index (χ0n) is 30.7. The molecule has 3 N–H and O–H groups in total. The molecule has 45 heavy (non-hydrogen) atoms. The van der Waals surface area contributed by atoms with Gasteiger partial charge in [0.2, 0.25) is 5.91 Å². The van der Waals surface area contributed by atoms with Crippen molar-refractivity contribution in [1.29, 1.82) is 0 Å². The summed E-state index contributed by atoms with van der Waals surface area (Å²) in [6.45, 7) is 27.1. The highest BCUT2D eigenvalue weighted by atomic mass is 16.3. The van der Waals surface area contributed by atoms with E-state index in [1.165, 1.54) is 5.56 Å². The van der Waals surface area contributed by atoms with Gasteiger partial charge in [0.25, 0.3) is 0 Å². The Balaban J connectivity index is 1.71. The molecule has 0 aromatic heterocycles. The molecule has 5 heteroatoms. The van der Waals surface area contributed by atoms with E-state index in [1.807, 2.05) is 6.21 Å². The summed E-state index contributed by atoms with van der Waals surface area (Å²) in [6.07, 6.45) is 9.18. The number of nitrogens with one attached hydrogen (secondary N) is 1. The number of nitrogens with zero attached hydrogens (tertiary/aromatic N) is 1. The fraction of sp³-hybridized carbons (Fsp3) is 0.650. The Morgan fingerprint density at radius 3 is 1.47 bits per heavy atom. The van der Waals surface area contributed by atoms with Crippen LogP contribution in [-0.4, -0.2) is 35.4 Å². The van der Waals surface area contributed by atoms with Gasteiger partial charge in [-0.1, -0.05) is 120 Å². The first-order valence-corrected chi connectivity index (χ1v) is 17.1. The molecule has 0 spiro atoms. The second-order valence-corrected chi connectivity index (χ2v) is 17.0. The highest BCUT2D eigenvalue weighted by Gasteiger charge is 2.27. The number of unbranched alkanes of at least 4 members (excludes halogenated alkanes) is 3. The van der Waals surface area contributed by atoms with Gasteiger partial charge < -0.3 is 15.5 Å². The van der Waals surface area contributed by atoms with Crippen molar-refractivity contribution in [3.05, 3.63) is 57.6 Å². The first kappa shape index (κ1) is 38.4. The normalized spacial score (nSPS) is 13.1. The maximum atomic E-state index is 12.5. The summed E-state index contributed by atoms with van der Waals surface area (Å²) >= 11 is 0. The summed E-state index contributed by atoms with van der Waals surface area (Å²) < 4.78 is 0. The Labute approximate surface area is 275 Å². The molecule has 0 aliphatic rings. The topological polar surface area (TPSA) is 81.9 Å². The minimum absolute atomic E-state index is 0.0835. The Kier molecular flexibility index (Phi) is 13.3. The third-order valence-corrected chi connectivity index (χ3v) is 8.44. The molecule has 0 atom stereocenters. The number of hydrogen-bond donors (Lipinski definition) is 3. The van der Waals surface area contributed by atoms with Gasteiger partial charge >= 0.3 is 0 Å². The van der Waals surface area contributed by atoms with Crippen molar-refractivity contribution >= 4 is 12.1 Å². The standard InChI is InChI=1S/C40H64N2O3/c1-37(2,3)30-24-28(25-31(35(30)44)38(4,5)6)18-17-22-41-21-15-13-14-16-23-42-34(43)20-19-29-26-32(39(7,8)9)36(45)33(27-29)40(10,11)12/h22,24-27,44-45H,13-21,23H2,1-12H3,(H,42,43). The van der Waals surface area contributed by atoms with E-state index in [1.54, 1.807) is 0 Å². The largest absolute Gasteiger partial charge is 0.507 e. The van der Waals surface area contributed by atoms with Crippen LogP contribution >= 0.6 is 0 Å². The molecule has 2 rings (SSSR count). The Morgan fingerprint density at radius 2 is 1.04 bits per heavy atom. The van der Waals surface area contributed by atoms with E-state index < -0.39 is 0 Å². The third-order valence-electron chi connectivity index (χ3n) is 8.44. The smallest absolute Gasteiger partial charge is 0.220 e. The molecule has 0 radical (unpaired) electrons. The average molecular weight is 621 g/mol. The molecule has 0 saturated carbocycles. The van der Waals surface area contributed by atoms with Crippen molar-refractivity contribution in [2.45, 2.75) is 156 Å². The van der Waals surface area contributed by atoms with E-state index in [4.69, 9.17) is 0 Å². The van der Waals surface area contributed by atoms with Crippen molar-refractivity contribution in [3.63, 3.8) is 0 Å². The molecule has 2 aromatic carbocycles. The number of carbonyl (C=O) groups is 1. The van der Waals surface area contributed by atoms with E-state index in [2.05, 4.69) is 118 Å². The molecule has 252 valence electrons. The minimum Gasteiger partial charge on any atom is -0.507 e. The van der Waals surface area contributed by atoms with Crippen LogP contribution in [0.15, 0.2) is 29.3 Å². The molecule has 0 fully saturated rings. The Morgan fingerprint density at radius 1 is 0.644 bits per heavy atom. The number of amides is 1. The number of rotatable bonds is 13. The predicted molar refractivity (Wildman–Crippen MR) is 192 cm³/mol. The van der Waals surface area contributed by atoms with Crippen LogP contribution in [0, 0.1) is 0 Å². The Bertz CT molecular complexity index is 1220. The summed E-state index contributed by atoms with van der Waals surface area (Å²) in [4.78, 5) is 17.2. The van der Waals surface area contributed by atoms with Gasteiger partial charge in [-0.15, -0.1) is 0 Å². The van der Waals surface area contributed by atoms with Crippen LogP contribution in [0.25, 0.3) is 0 Å². The lowest BCUT2D eigenvalue weighted by Crippen LogP contribution is -2.24. The van der Waals surface area contributed by atoms with Gasteiger partial charge in [0.05, 0.1) is 0 Å². The second kappa shape index (κ2) is 15.6. The zero-order chi connectivity index (χ0) is 34.2. The van der Waals surface area contributed by atoms with E-state index in [9.17, 15) is 15.0 Å². The number of aromatic hydroxyl groups is 2. The minimum atomic E-state index is -0.172. The molecule has 2 aromatic rings. The lowest BCUT2D eigenvalue weighted by Gasteiger charge is -2.28. The number of aliphatic imine (C=N–C) groups is 1.